The molecule has 0 heterocycles. The van der Waals surface area contributed by atoms with Crippen molar-refractivity contribution >= 4 is 6.08 Å². The summed E-state index contributed by atoms with van der Waals surface area (Å²) in [6.45, 7) is 0. The molecule has 1 aliphatic carbocycles. The van der Waals surface area contributed by atoms with Gasteiger partial charge in [-0.05, 0) is 24.5 Å². The summed E-state index contributed by atoms with van der Waals surface area (Å²) >= 11 is 0. The van der Waals surface area contributed by atoms with Crippen LogP contribution < -0.4 is 0 Å². The number of hydrogen-bond acceptors (Lipinski definition) is 1. The Bertz CT molecular complexity index is 546. The molecule has 19 heavy (non-hydrogen) atoms. The number of hydrogen-bond donors (Lipinski definition) is 1. The summed E-state index contributed by atoms with van der Waals surface area (Å²) in [5.41, 5.74) is 1.74. The molecule has 0 aromatic heterocycles. The largest absolute Gasteiger partial charge is 0.375 e. The van der Waals surface area contributed by atoms with Crippen molar-refractivity contribution in [3.05, 3.63) is 41.5 Å². The predicted octanol–water partition coefficient (Wildman–Crippen LogP) is 3.40. The SMILES string of the molecule is OC1C#CCCCCCC#C/C1=C\c1ccccc1. The van der Waals surface area contributed by atoms with Crippen LogP contribution in [0.4, 0.5) is 0 Å². The van der Waals surface area contributed by atoms with E-state index in [1.807, 2.05) is 36.4 Å². The third-order valence-electron chi connectivity index (χ3n) is 2.99. The van der Waals surface area contributed by atoms with E-state index in [2.05, 4.69) is 23.7 Å². The molecule has 0 saturated heterocycles. The second kappa shape index (κ2) is 7.47. The Hall–Kier alpha value is -1.96. The van der Waals surface area contributed by atoms with Crippen molar-refractivity contribution in [2.24, 2.45) is 0 Å². The van der Waals surface area contributed by atoms with Crippen molar-refractivity contribution in [2.75, 3.05) is 0 Å². The van der Waals surface area contributed by atoms with E-state index in [1.165, 1.54) is 0 Å². The smallest absolute Gasteiger partial charge is 0.147 e. The van der Waals surface area contributed by atoms with E-state index in [9.17, 15) is 5.11 Å². The van der Waals surface area contributed by atoms with Gasteiger partial charge in [0.05, 0.1) is 0 Å². The fraction of sp³-hybridized carbons (Fsp3) is 0.333. The van der Waals surface area contributed by atoms with Gasteiger partial charge in [0.15, 0.2) is 0 Å². The molecule has 1 nitrogen and oxygen atoms in total. The molecule has 0 amide bonds. The molecule has 1 aliphatic rings. The first-order valence-electron chi connectivity index (χ1n) is 6.78. The van der Waals surface area contributed by atoms with Crippen LogP contribution in [-0.2, 0) is 0 Å². The van der Waals surface area contributed by atoms with Crippen molar-refractivity contribution in [2.45, 2.75) is 38.2 Å². The van der Waals surface area contributed by atoms with Crippen LogP contribution in [0.15, 0.2) is 35.9 Å². The van der Waals surface area contributed by atoms with Crippen molar-refractivity contribution in [3.63, 3.8) is 0 Å². The topological polar surface area (TPSA) is 20.2 Å². The minimum absolute atomic E-state index is 0.695. The molecule has 1 N–H and O–H groups in total. The molecule has 1 atom stereocenters. The maximum Gasteiger partial charge on any atom is 0.147 e. The number of aliphatic hydroxyl groups is 1. The Labute approximate surface area is 115 Å². The van der Waals surface area contributed by atoms with Gasteiger partial charge >= 0.3 is 0 Å². The van der Waals surface area contributed by atoms with E-state index in [4.69, 9.17) is 0 Å². The van der Waals surface area contributed by atoms with Crippen LogP contribution in [0.25, 0.3) is 6.08 Å². The van der Waals surface area contributed by atoms with E-state index in [-0.39, 0.29) is 0 Å². The van der Waals surface area contributed by atoms with Crippen LogP contribution >= 0.6 is 0 Å². The zero-order valence-electron chi connectivity index (χ0n) is 11.0. The monoisotopic (exact) mass is 250 g/mol. The lowest BCUT2D eigenvalue weighted by atomic mass is 10.1. The highest BCUT2D eigenvalue weighted by molar-refractivity contribution is 5.60. The highest BCUT2D eigenvalue weighted by atomic mass is 16.3. The summed E-state index contributed by atoms with van der Waals surface area (Å²) in [5, 5.41) is 10.1. The van der Waals surface area contributed by atoms with E-state index in [0.29, 0.717) is 5.57 Å². The summed E-state index contributed by atoms with van der Waals surface area (Å²) in [4.78, 5) is 0. The molecule has 0 bridgehead atoms. The quantitative estimate of drug-likeness (QED) is 0.757. The van der Waals surface area contributed by atoms with E-state index in [0.717, 1.165) is 37.7 Å². The van der Waals surface area contributed by atoms with E-state index >= 15 is 0 Å². The molecular formula is C18H18O. The number of rotatable bonds is 1. The van der Waals surface area contributed by atoms with Gasteiger partial charge in [0.1, 0.15) is 6.10 Å². The van der Waals surface area contributed by atoms with Gasteiger partial charge in [0.2, 0.25) is 0 Å². The van der Waals surface area contributed by atoms with Gasteiger partial charge in [-0.25, -0.2) is 0 Å². The summed E-state index contributed by atoms with van der Waals surface area (Å²) in [6, 6.07) is 9.92. The molecule has 0 radical (unpaired) electrons. The van der Waals surface area contributed by atoms with Gasteiger partial charge < -0.3 is 5.11 Å². The normalized spacial score (nSPS) is 21.5. The van der Waals surface area contributed by atoms with Gasteiger partial charge in [-0.1, -0.05) is 54.5 Å². The van der Waals surface area contributed by atoms with Crippen molar-refractivity contribution in [1.82, 2.24) is 0 Å². The molecule has 96 valence electrons. The fourth-order valence-electron chi connectivity index (χ4n) is 1.93. The summed E-state index contributed by atoms with van der Waals surface area (Å²) < 4.78 is 0. The molecular weight excluding hydrogens is 232 g/mol. The first-order valence-corrected chi connectivity index (χ1v) is 6.78. The molecule has 0 spiro atoms. The maximum atomic E-state index is 10.1. The van der Waals surface area contributed by atoms with Crippen LogP contribution in [0, 0.1) is 23.7 Å². The third kappa shape index (κ3) is 4.66. The second-order valence-corrected chi connectivity index (χ2v) is 4.60. The van der Waals surface area contributed by atoms with E-state index < -0.39 is 6.10 Å². The first kappa shape index (κ1) is 13.5. The minimum Gasteiger partial charge on any atom is -0.375 e. The van der Waals surface area contributed by atoms with Crippen molar-refractivity contribution in [3.8, 4) is 23.7 Å². The highest BCUT2D eigenvalue weighted by Crippen LogP contribution is 2.11. The standard InChI is InChI=1S/C18H18O/c19-18-14-10-5-3-1-2-4-9-13-17(18)15-16-11-7-6-8-12-16/h6-8,11-12,15,18-19H,1-5H2/b17-15+. The Morgan fingerprint density at radius 3 is 2.53 bits per heavy atom. The Balaban J connectivity index is 2.27. The van der Waals surface area contributed by atoms with Crippen molar-refractivity contribution in [1.29, 1.82) is 0 Å². The number of benzene rings is 1. The molecule has 0 saturated carbocycles. The lowest BCUT2D eigenvalue weighted by molar-refractivity contribution is 0.274. The average Bonchev–Trinajstić information content (AvgIpc) is 2.48. The van der Waals surface area contributed by atoms with Crippen LogP contribution in [0.5, 0.6) is 0 Å². The van der Waals surface area contributed by atoms with Gasteiger partial charge in [-0.3, -0.25) is 0 Å². The maximum absolute atomic E-state index is 10.1. The highest BCUT2D eigenvalue weighted by Gasteiger charge is 2.05. The summed E-state index contributed by atoms with van der Waals surface area (Å²) in [7, 11) is 0. The molecule has 1 heteroatoms. The third-order valence-corrected chi connectivity index (χ3v) is 2.99. The molecule has 1 aromatic carbocycles. The lowest BCUT2D eigenvalue weighted by Crippen LogP contribution is -2.05. The first-order chi connectivity index (χ1) is 9.36. The molecule has 1 aromatic rings. The second-order valence-electron chi connectivity index (χ2n) is 4.60. The van der Waals surface area contributed by atoms with Crippen molar-refractivity contribution < 1.29 is 5.11 Å². The molecule has 0 aliphatic heterocycles. The zero-order chi connectivity index (χ0) is 13.3. The Morgan fingerprint density at radius 1 is 1.00 bits per heavy atom. The summed E-state index contributed by atoms with van der Waals surface area (Å²) in [5.74, 6) is 12.1. The van der Waals surface area contributed by atoms with Gasteiger partial charge in [-0.2, -0.15) is 0 Å². The minimum atomic E-state index is -0.772. The Morgan fingerprint density at radius 2 is 1.74 bits per heavy atom. The average molecular weight is 250 g/mol. The lowest BCUT2D eigenvalue weighted by Gasteiger charge is -2.03. The van der Waals surface area contributed by atoms with Crippen LogP contribution in [0.3, 0.4) is 0 Å². The molecule has 0 fully saturated rings. The van der Waals surface area contributed by atoms with E-state index in [1.54, 1.807) is 0 Å². The number of aliphatic hydroxyl groups excluding tert-OH is 1. The molecule has 1 unspecified atom stereocenters. The van der Waals surface area contributed by atoms with Gasteiger partial charge in [0, 0.05) is 18.4 Å². The summed E-state index contributed by atoms with van der Waals surface area (Å²) in [6.07, 6.45) is 6.27. The fourth-order valence-corrected chi connectivity index (χ4v) is 1.93. The van der Waals surface area contributed by atoms with Crippen LogP contribution in [-0.4, -0.2) is 11.2 Å². The molecule has 2 rings (SSSR count). The van der Waals surface area contributed by atoms with Crippen LogP contribution in [0.2, 0.25) is 0 Å². The van der Waals surface area contributed by atoms with Gasteiger partial charge in [0.25, 0.3) is 0 Å². The zero-order valence-corrected chi connectivity index (χ0v) is 11.0. The predicted molar refractivity (Wildman–Crippen MR) is 79.1 cm³/mol. The van der Waals surface area contributed by atoms with Gasteiger partial charge in [-0.15, -0.1) is 5.92 Å². The van der Waals surface area contributed by atoms with Crippen LogP contribution in [0.1, 0.15) is 37.7 Å². The Kier molecular flexibility index (Phi) is 5.30.